The van der Waals surface area contributed by atoms with Crippen LogP contribution in [0.4, 0.5) is 0 Å². The van der Waals surface area contributed by atoms with Crippen molar-refractivity contribution in [2.75, 3.05) is 7.11 Å². The average Bonchev–Trinajstić information content (AvgIpc) is 3.28. The molecule has 3 aliphatic rings. The van der Waals surface area contributed by atoms with Crippen molar-refractivity contribution in [2.24, 2.45) is 28.8 Å². The fourth-order valence-corrected chi connectivity index (χ4v) is 4.13. The number of imide groups is 1. The van der Waals surface area contributed by atoms with E-state index in [9.17, 15) is 14.4 Å². The minimum Gasteiger partial charge on any atom is -0.493 e. The van der Waals surface area contributed by atoms with Crippen LogP contribution in [-0.2, 0) is 14.4 Å². The minimum absolute atomic E-state index is 0.157. The Bertz CT molecular complexity index is 829. The van der Waals surface area contributed by atoms with E-state index in [0.29, 0.717) is 17.1 Å². The number of benzene rings is 1. The van der Waals surface area contributed by atoms with Crippen LogP contribution in [0.5, 0.6) is 11.5 Å². The van der Waals surface area contributed by atoms with Crippen molar-refractivity contribution < 1.29 is 23.9 Å². The van der Waals surface area contributed by atoms with Crippen molar-refractivity contribution in [2.45, 2.75) is 13.3 Å². The van der Waals surface area contributed by atoms with Crippen molar-refractivity contribution in [3.8, 4) is 11.5 Å². The van der Waals surface area contributed by atoms with E-state index in [-0.39, 0.29) is 35.5 Å². The summed E-state index contributed by atoms with van der Waals surface area (Å²) in [6, 6.07) is 4.87. The van der Waals surface area contributed by atoms with E-state index in [4.69, 9.17) is 9.47 Å². The number of amides is 2. The smallest absolute Gasteiger partial charge is 0.308 e. The Kier molecular flexibility index (Phi) is 3.86. The second kappa shape index (κ2) is 6.09. The maximum atomic E-state index is 12.6. The number of fused-ring (bicyclic) bond motifs is 5. The summed E-state index contributed by atoms with van der Waals surface area (Å²) in [5.41, 5.74) is 0.622. The van der Waals surface area contributed by atoms with Gasteiger partial charge in [0.2, 0.25) is 0 Å². The summed E-state index contributed by atoms with van der Waals surface area (Å²) in [5.74, 6) is -0.466. The number of allylic oxidation sites excluding steroid dienone is 2. The lowest BCUT2D eigenvalue weighted by Gasteiger charge is -2.13. The summed E-state index contributed by atoms with van der Waals surface area (Å²) in [5, 5.41) is 5.11. The highest BCUT2D eigenvalue weighted by Gasteiger charge is 2.59. The fraction of sp³-hybridized carbons (Fsp3) is 0.368. The predicted octanol–water partition coefficient (Wildman–Crippen LogP) is 1.76. The minimum atomic E-state index is -0.451. The Morgan fingerprint density at radius 2 is 1.81 bits per heavy atom. The molecule has 4 unspecified atom stereocenters. The number of ether oxygens (including phenoxy) is 2. The van der Waals surface area contributed by atoms with Gasteiger partial charge in [0.05, 0.1) is 25.2 Å². The van der Waals surface area contributed by atoms with E-state index in [1.54, 1.807) is 18.2 Å². The van der Waals surface area contributed by atoms with Crippen LogP contribution in [0.3, 0.4) is 0 Å². The molecule has 0 N–H and O–H groups in total. The molecule has 0 radical (unpaired) electrons. The Balaban J connectivity index is 1.54. The van der Waals surface area contributed by atoms with Crippen molar-refractivity contribution in [3.05, 3.63) is 35.9 Å². The van der Waals surface area contributed by atoms with E-state index >= 15 is 0 Å². The fourth-order valence-electron chi connectivity index (χ4n) is 4.13. The number of nitrogens with zero attached hydrogens (tertiary/aromatic N) is 2. The Morgan fingerprint density at radius 1 is 1.15 bits per heavy atom. The van der Waals surface area contributed by atoms with E-state index in [1.807, 2.05) is 12.2 Å². The first kappa shape index (κ1) is 16.5. The zero-order valence-electron chi connectivity index (χ0n) is 14.4. The molecule has 2 amide bonds. The molecule has 1 saturated carbocycles. The highest BCUT2D eigenvalue weighted by molar-refractivity contribution is 6.06. The molecule has 1 aromatic rings. The summed E-state index contributed by atoms with van der Waals surface area (Å²) in [7, 11) is 1.46. The van der Waals surface area contributed by atoms with Gasteiger partial charge in [0.15, 0.2) is 11.5 Å². The molecule has 134 valence electrons. The van der Waals surface area contributed by atoms with Gasteiger partial charge in [0.1, 0.15) is 0 Å². The first-order valence-corrected chi connectivity index (χ1v) is 8.46. The van der Waals surface area contributed by atoms with Gasteiger partial charge in [-0.05, 0) is 42.0 Å². The predicted molar refractivity (Wildman–Crippen MR) is 91.5 cm³/mol. The quantitative estimate of drug-likeness (QED) is 0.270. The molecule has 2 fully saturated rings. The molecule has 1 aromatic carbocycles. The molecule has 7 nitrogen and oxygen atoms in total. The number of methoxy groups -OCH3 is 1. The molecule has 2 bridgehead atoms. The SMILES string of the molecule is COc1cc(C=NN2C(=O)C3C4C=CC(C4)C3C2=O)ccc1OC(C)=O. The van der Waals surface area contributed by atoms with Crippen molar-refractivity contribution in [3.63, 3.8) is 0 Å². The van der Waals surface area contributed by atoms with E-state index in [1.165, 1.54) is 20.2 Å². The highest BCUT2D eigenvalue weighted by atomic mass is 16.6. The zero-order valence-corrected chi connectivity index (χ0v) is 14.4. The molecule has 4 rings (SSSR count). The van der Waals surface area contributed by atoms with Gasteiger partial charge in [0.25, 0.3) is 11.8 Å². The summed E-state index contributed by atoms with van der Waals surface area (Å²) in [6.45, 7) is 1.30. The number of carbonyl (C=O) groups excluding carboxylic acids is 3. The van der Waals surface area contributed by atoms with E-state index in [2.05, 4.69) is 5.10 Å². The molecule has 1 heterocycles. The number of hydrogen-bond donors (Lipinski definition) is 0. The van der Waals surface area contributed by atoms with Gasteiger partial charge in [-0.15, -0.1) is 0 Å². The number of carbonyl (C=O) groups is 3. The van der Waals surface area contributed by atoms with E-state index in [0.717, 1.165) is 11.4 Å². The number of esters is 1. The van der Waals surface area contributed by atoms with Gasteiger partial charge < -0.3 is 9.47 Å². The molecule has 1 saturated heterocycles. The average molecular weight is 354 g/mol. The largest absolute Gasteiger partial charge is 0.493 e. The molecule has 7 heteroatoms. The van der Waals surface area contributed by atoms with Crippen LogP contribution in [0.25, 0.3) is 0 Å². The van der Waals surface area contributed by atoms with Gasteiger partial charge in [-0.25, -0.2) is 0 Å². The summed E-state index contributed by atoms with van der Waals surface area (Å²) < 4.78 is 10.3. The number of rotatable bonds is 4. The molecule has 2 aliphatic carbocycles. The van der Waals surface area contributed by atoms with Gasteiger partial charge in [-0.2, -0.15) is 10.1 Å². The first-order chi connectivity index (χ1) is 12.5. The molecular weight excluding hydrogens is 336 g/mol. The topological polar surface area (TPSA) is 85.3 Å². The van der Waals surface area contributed by atoms with E-state index < -0.39 is 5.97 Å². The summed E-state index contributed by atoms with van der Waals surface area (Å²) in [4.78, 5) is 36.3. The number of hydrogen-bond acceptors (Lipinski definition) is 6. The van der Waals surface area contributed by atoms with Crippen LogP contribution >= 0.6 is 0 Å². The number of hydrazone groups is 1. The van der Waals surface area contributed by atoms with Crippen LogP contribution < -0.4 is 9.47 Å². The molecular formula is C19H18N2O5. The summed E-state index contributed by atoms with van der Waals surface area (Å²) >= 11 is 0. The summed E-state index contributed by atoms with van der Waals surface area (Å²) in [6.07, 6.45) is 6.41. The molecule has 0 aromatic heterocycles. The second-order valence-corrected chi connectivity index (χ2v) is 6.74. The molecule has 26 heavy (non-hydrogen) atoms. The van der Waals surface area contributed by atoms with Crippen molar-refractivity contribution >= 4 is 24.0 Å². The first-order valence-electron chi connectivity index (χ1n) is 8.46. The standard InChI is InChI=1S/C19H18N2O5/c1-10(22)26-14-6-3-11(7-15(14)25-2)9-20-21-18(23)16-12-4-5-13(8-12)17(16)19(21)24/h3-7,9,12-13,16-17H,8H2,1-2H3. The molecule has 4 atom stereocenters. The normalized spacial score (nSPS) is 28.9. The van der Waals surface area contributed by atoms with Gasteiger partial charge in [-0.3, -0.25) is 14.4 Å². The lowest BCUT2D eigenvalue weighted by atomic mass is 9.85. The lowest BCUT2D eigenvalue weighted by Crippen LogP contribution is -2.28. The van der Waals surface area contributed by atoms with Gasteiger partial charge in [0, 0.05) is 6.92 Å². The van der Waals surface area contributed by atoms with Gasteiger partial charge >= 0.3 is 5.97 Å². The van der Waals surface area contributed by atoms with Crippen LogP contribution in [0.2, 0.25) is 0 Å². The van der Waals surface area contributed by atoms with Crippen molar-refractivity contribution in [1.29, 1.82) is 0 Å². The maximum absolute atomic E-state index is 12.6. The Labute approximate surface area is 150 Å². The lowest BCUT2D eigenvalue weighted by molar-refractivity contribution is -0.140. The zero-order chi connectivity index (χ0) is 18.4. The monoisotopic (exact) mass is 354 g/mol. The Hall–Kier alpha value is -2.96. The third-order valence-electron chi connectivity index (χ3n) is 5.21. The van der Waals surface area contributed by atoms with Gasteiger partial charge in [-0.1, -0.05) is 12.2 Å². The second-order valence-electron chi connectivity index (χ2n) is 6.74. The third-order valence-corrected chi connectivity index (χ3v) is 5.21. The highest BCUT2D eigenvalue weighted by Crippen LogP contribution is 2.52. The molecule has 1 aliphatic heterocycles. The molecule has 0 spiro atoms. The van der Waals surface area contributed by atoms with Crippen LogP contribution in [-0.4, -0.2) is 36.1 Å². The third kappa shape index (κ3) is 2.51. The van der Waals surface area contributed by atoms with Crippen LogP contribution in [0.1, 0.15) is 18.9 Å². The van der Waals surface area contributed by atoms with Crippen LogP contribution in [0.15, 0.2) is 35.5 Å². The Morgan fingerprint density at radius 3 is 2.38 bits per heavy atom. The van der Waals surface area contributed by atoms with Crippen molar-refractivity contribution in [1.82, 2.24) is 5.01 Å². The van der Waals surface area contributed by atoms with Crippen LogP contribution in [0, 0.1) is 23.7 Å². The maximum Gasteiger partial charge on any atom is 0.308 e.